The first-order valence-corrected chi connectivity index (χ1v) is 10.8. The molecule has 1 saturated heterocycles. The van der Waals surface area contributed by atoms with Crippen molar-refractivity contribution >= 4 is 22.0 Å². The number of hydrogen-bond donors (Lipinski definition) is 1. The van der Waals surface area contributed by atoms with Crippen LogP contribution in [-0.2, 0) is 20.6 Å². The molecule has 28 heavy (non-hydrogen) atoms. The standard InChI is InChI=1S/C20H23FN2O4S/c21-18-5-3-17(4-6-18)15-28(25,26)22-14-16-9-11-23(12-10-16)20(24)8-7-19-2-1-13-27-19/h1-8,13,16,22H,9-12,14-15H2/b8-7+. The van der Waals surface area contributed by atoms with Gasteiger partial charge in [0.15, 0.2) is 0 Å². The lowest BCUT2D eigenvalue weighted by molar-refractivity contribution is -0.127. The van der Waals surface area contributed by atoms with Gasteiger partial charge in [-0.1, -0.05) is 12.1 Å². The Kier molecular flexibility index (Phi) is 6.64. The molecule has 3 rings (SSSR count). The van der Waals surface area contributed by atoms with Crippen LogP contribution in [0, 0.1) is 11.7 Å². The first-order chi connectivity index (χ1) is 13.4. The van der Waals surface area contributed by atoms with E-state index in [1.54, 1.807) is 29.4 Å². The van der Waals surface area contributed by atoms with Gasteiger partial charge in [-0.15, -0.1) is 0 Å². The number of carbonyl (C=O) groups excluding carboxylic acids is 1. The maximum Gasteiger partial charge on any atom is 0.246 e. The summed E-state index contributed by atoms with van der Waals surface area (Å²) in [5.74, 6) is 0.156. The summed E-state index contributed by atoms with van der Waals surface area (Å²) in [6.07, 6.45) is 6.15. The van der Waals surface area contributed by atoms with Crippen molar-refractivity contribution in [2.24, 2.45) is 5.92 Å². The maximum absolute atomic E-state index is 12.9. The number of nitrogens with zero attached hydrogens (tertiary/aromatic N) is 1. The number of halogens is 1. The van der Waals surface area contributed by atoms with Crippen LogP contribution in [0.15, 0.2) is 53.2 Å². The lowest BCUT2D eigenvalue weighted by Crippen LogP contribution is -2.41. The number of likely N-dealkylation sites (tertiary alicyclic amines) is 1. The zero-order valence-corrected chi connectivity index (χ0v) is 16.2. The monoisotopic (exact) mass is 406 g/mol. The normalized spacial score (nSPS) is 16.0. The summed E-state index contributed by atoms with van der Waals surface area (Å²) in [6.45, 7) is 1.52. The molecule has 0 radical (unpaired) electrons. The molecule has 0 unspecified atom stereocenters. The van der Waals surface area contributed by atoms with Gasteiger partial charge in [0.05, 0.1) is 12.0 Å². The van der Waals surface area contributed by atoms with Gasteiger partial charge < -0.3 is 9.32 Å². The fourth-order valence-corrected chi connectivity index (χ4v) is 4.32. The van der Waals surface area contributed by atoms with Gasteiger partial charge in [0.2, 0.25) is 15.9 Å². The number of furan rings is 1. The fraction of sp³-hybridized carbons (Fsp3) is 0.350. The number of piperidine rings is 1. The minimum atomic E-state index is -3.49. The Bertz CT molecular complexity index is 900. The Morgan fingerprint density at radius 3 is 2.57 bits per heavy atom. The molecule has 1 N–H and O–H groups in total. The topological polar surface area (TPSA) is 79.6 Å². The summed E-state index contributed by atoms with van der Waals surface area (Å²) in [6, 6.07) is 8.96. The van der Waals surface area contributed by atoms with Crippen molar-refractivity contribution in [2.75, 3.05) is 19.6 Å². The molecule has 2 aromatic rings. The highest BCUT2D eigenvalue weighted by atomic mass is 32.2. The molecule has 1 amide bonds. The molecule has 1 aromatic carbocycles. The molecule has 0 aliphatic carbocycles. The average Bonchev–Trinajstić information content (AvgIpc) is 3.20. The first kappa shape index (κ1) is 20.3. The largest absolute Gasteiger partial charge is 0.465 e. The molecule has 1 aromatic heterocycles. The zero-order valence-electron chi connectivity index (χ0n) is 15.4. The van der Waals surface area contributed by atoms with E-state index in [-0.39, 0.29) is 17.6 Å². The Hall–Kier alpha value is -2.45. The number of sulfonamides is 1. The van der Waals surface area contributed by atoms with Crippen molar-refractivity contribution in [1.82, 2.24) is 9.62 Å². The third kappa shape index (κ3) is 6.03. The number of nitrogens with one attached hydrogen (secondary N) is 1. The summed E-state index contributed by atoms with van der Waals surface area (Å²) in [4.78, 5) is 14.0. The molecular formula is C20H23FN2O4S. The van der Waals surface area contributed by atoms with E-state index in [2.05, 4.69) is 4.72 Å². The van der Waals surface area contributed by atoms with Crippen molar-refractivity contribution < 1.29 is 22.0 Å². The maximum atomic E-state index is 12.9. The van der Waals surface area contributed by atoms with Gasteiger partial charge in [0.1, 0.15) is 11.6 Å². The summed E-state index contributed by atoms with van der Waals surface area (Å²) < 4.78 is 45.1. The van der Waals surface area contributed by atoms with Gasteiger partial charge in [-0.25, -0.2) is 17.5 Å². The van der Waals surface area contributed by atoms with Gasteiger partial charge in [0.25, 0.3) is 0 Å². The minimum absolute atomic E-state index is 0.0771. The molecule has 1 fully saturated rings. The first-order valence-electron chi connectivity index (χ1n) is 9.13. The second-order valence-electron chi connectivity index (χ2n) is 6.85. The van der Waals surface area contributed by atoms with Crippen LogP contribution in [0.3, 0.4) is 0 Å². The van der Waals surface area contributed by atoms with Crippen LogP contribution in [-0.4, -0.2) is 38.9 Å². The number of benzene rings is 1. The average molecular weight is 406 g/mol. The predicted molar refractivity (Wildman–Crippen MR) is 104 cm³/mol. The van der Waals surface area contributed by atoms with Crippen LogP contribution >= 0.6 is 0 Å². The molecule has 8 heteroatoms. The highest BCUT2D eigenvalue weighted by molar-refractivity contribution is 7.88. The highest BCUT2D eigenvalue weighted by Gasteiger charge is 2.23. The van der Waals surface area contributed by atoms with Crippen molar-refractivity contribution in [3.8, 4) is 0 Å². The Labute approximate surface area is 164 Å². The molecule has 150 valence electrons. The zero-order chi connectivity index (χ0) is 20.0. The third-order valence-corrected chi connectivity index (χ3v) is 6.04. The van der Waals surface area contributed by atoms with Crippen LogP contribution in [0.5, 0.6) is 0 Å². The van der Waals surface area contributed by atoms with E-state index in [9.17, 15) is 17.6 Å². The summed E-state index contributed by atoms with van der Waals surface area (Å²) in [7, 11) is -3.49. The molecular weight excluding hydrogens is 383 g/mol. The molecule has 6 nitrogen and oxygen atoms in total. The smallest absolute Gasteiger partial charge is 0.246 e. The van der Waals surface area contributed by atoms with E-state index in [0.29, 0.717) is 31.0 Å². The number of rotatable bonds is 7. The van der Waals surface area contributed by atoms with Crippen LogP contribution in [0.25, 0.3) is 6.08 Å². The van der Waals surface area contributed by atoms with Gasteiger partial charge in [-0.2, -0.15) is 0 Å². The molecule has 1 aliphatic rings. The molecule has 1 aliphatic heterocycles. The van der Waals surface area contributed by atoms with Gasteiger partial charge >= 0.3 is 0 Å². The number of carbonyl (C=O) groups is 1. The van der Waals surface area contributed by atoms with Crippen molar-refractivity contribution in [1.29, 1.82) is 0 Å². The van der Waals surface area contributed by atoms with Crippen LogP contribution in [0.1, 0.15) is 24.2 Å². The molecule has 0 atom stereocenters. The summed E-state index contributed by atoms with van der Waals surface area (Å²) in [5.41, 5.74) is 0.540. The predicted octanol–water partition coefficient (Wildman–Crippen LogP) is 2.79. The Morgan fingerprint density at radius 2 is 1.93 bits per heavy atom. The van der Waals surface area contributed by atoms with E-state index >= 15 is 0 Å². The van der Waals surface area contributed by atoms with Crippen molar-refractivity contribution in [3.63, 3.8) is 0 Å². The number of amides is 1. The van der Waals surface area contributed by atoms with E-state index in [4.69, 9.17) is 4.42 Å². The highest BCUT2D eigenvalue weighted by Crippen LogP contribution is 2.18. The van der Waals surface area contributed by atoms with E-state index < -0.39 is 15.8 Å². The quantitative estimate of drug-likeness (QED) is 0.717. The van der Waals surface area contributed by atoms with E-state index in [0.717, 1.165) is 12.8 Å². The Balaban J connectivity index is 1.42. The molecule has 2 heterocycles. The van der Waals surface area contributed by atoms with Crippen LogP contribution in [0.2, 0.25) is 0 Å². The van der Waals surface area contributed by atoms with E-state index in [1.807, 2.05) is 0 Å². The fourth-order valence-electron chi connectivity index (χ4n) is 3.10. The summed E-state index contributed by atoms with van der Waals surface area (Å²) in [5, 5.41) is 0. The molecule has 0 saturated carbocycles. The summed E-state index contributed by atoms with van der Waals surface area (Å²) >= 11 is 0. The van der Waals surface area contributed by atoms with Crippen LogP contribution < -0.4 is 4.72 Å². The Morgan fingerprint density at radius 1 is 1.21 bits per heavy atom. The van der Waals surface area contributed by atoms with Gasteiger partial charge in [-0.05, 0) is 54.7 Å². The second-order valence-corrected chi connectivity index (χ2v) is 8.66. The van der Waals surface area contributed by atoms with Crippen molar-refractivity contribution in [2.45, 2.75) is 18.6 Å². The lowest BCUT2D eigenvalue weighted by atomic mass is 9.97. The van der Waals surface area contributed by atoms with Gasteiger partial charge in [0, 0.05) is 25.7 Å². The van der Waals surface area contributed by atoms with E-state index in [1.165, 1.54) is 30.3 Å². The molecule has 0 bridgehead atoms. The van der Waals surface area contributed by atoms with Crippen LogP contribution in [0.4, 0.5) is 4.39 Å². The SMILES string of the molecule is O=C(/C=C/c1ccco1)N1CCC(CNS(=O)(=O)Cc2ccc(F)cc2)CC1. The van der Waals surface area contributed by atoms with Crippen molar-refractivity contribution in [3.05, 3.63) is 65.9 Å². The number of hydrogen-bond acceptors (Lipinski definition) is 4. The lowest BCUT2D eigenvalue weighted by Gasteiger charge is -2.31. The second kappa shape index (κ2) is 9.16. The van der Waals surface area contributed by atoms with Gasteiger partial charge in [-0.3, -0.25) is 4.79 Å². The third-order valence-electron chi connectivity index (χ3n) is 4.72. The molecule has 0 spiro atoms. The minimum Gasteiger partial charge on any atom is -0.465 e.